The van der Waals surface area contributed by atoms with E-state index < -0.39 is 11.9 Å². The first-order valence-electron chi connectivity index (χ1n) is 9.44. The third kappa shape index (κ3) is 6.54. The van der Waals surface area contributed by atoms with Crippen molar-refractivity contribution in [1.82, 2.24) is 0 Å². The summed E-state index contributed by atoms with van der Waals surface area (Å²) in [5, 5.41) is 5.53. The van der Waals surface area contributed by atoms with Crippen LogP contribution in [0.3, 0.4) is 0 Å². The van der Waals surface area contributed by atoms with Gasteiger partial charge < -0.3 is 15.4 Å². The minimum Gasteiger partial charge on any atom is -0.456 e. The molecule has 148 valence electrons. The Kier molecular flexibility index (Phi) is 8.21. The smallest absolute Gasteiger partial charge is 0.306 e. The predicted molar refractivity (Wildman–Crippen MR) is 109 cm³/mol. The van der Waals surface area contributed by atoms with Gasteiger partial charge in [-0.15, -0.1) is 0 Å². The second kappa shape index (κ2) is 10.9. The van der Waals surface area contributed by atoms with Crippen LogP contribution in [0.4, 0.5) is 11.4 Å². The maximum atomic E-state index is 12.2. The molecule has 0 aromatic heterocycles. The molecule has 0 heterocycles. The molecule has 6 nitrogen and oxygen atoms in total. The largest absolute Gasteiger partial charge is 0.456 e. The zero-order valence-electron chi connectivity index (χ0n) is 16.3. The molecule has 0 saturated heterocycles. The van der Waals surface area contributed by atoms with Gasteiger partial charge in [0.1, 0.15) is 0 Å². The van der Waals surface area contributed by atoms with E-state index in [1.54, 1.807) is 12.1 Å². The molecule has 0 radical (unpaired) electrons. The molecular weight excluding hydrogens is 356 g/mol. The Hall–Kier alpha value is -3.15. The highest BCUT2D eigenvalue weighted by atomic mass is 16.5. The lowest BCUT2D eigenvalue weighted by Crippen LogP contribution is -2.23. The van der Waals surface area contributed by atoms with Crippen molar-refractivity contribution in [2.24, 2.45) is 0 Å². The van der Waals surface area contributed by atoms with Crippen LogP contribution in [0, 0.1) is 0 Å². The highest BCUT2D eigenvalue weighted by molar-refractivity contribution is 5.95. The zero-order chi connectivity index (χ0) is 20.4. The van der Waals surface area contributed by atoms with Gasteiger partial charge in [-0.25, -0.2) is 0 Å². The first-order valence-corrected chi connectivity index (χ1v) is 9.44. The normalized spacial score (nSPS) is 10.2. The van der Waals surface area contributed by atoms with E-state index in [2.05, 4.69) is 10.6 Å². The molecule has 2 rings (SSSR count). The Balaban J connectivity index is 1.77. The molecule has 0 aliphatic heterocycles. The summed E-state index contributed by atoms with van der Waals surface area (Å²) in [6.45, 7) is 3.66. The number of hydrogen-bond acceptors (Lipinski definition) is 4. The summed E-state index contributed by atoms with van der Waals surface area (Å²) < 4.78 is 4.99. The molecule has 0 aliphatic rings. The third-order valence-corrected chi connectivity index (χ3v) is 4.24. The van der Waals surface area contributed by atoms with Crippen molar-refractivity contribution in [1.29, 1.82) is 0 Å². The van der Waals surface area contributed by atoms with Crippen molar-refractivity contribution in [3.8, 4) is 0 Å². The van der Waals surface area contributed by atoms with Gasteiger partial charge in [-0.2, -0.15) is 0 Å². The summed E-state index contributed by atoms with van der Waals surface area (Å²) in [6, 6.07) is 14.9. The van der Waals surface area contributed by atoms with Crippen molar-refractivity contribution in [2.45, 2.75) is 39.5 Å². The fourth-order valence-electron chi connectivity index (χ4n) is 2.76. The lowest BCUT2D eigenvalue weighted by molar-refractivity contribution is -0.147. The number of anilines is 2. The van der Waals surface area contributed by atoms with Crippen molar-refractivity contribution in [2.75, 3.05) is 17.2 Å². The summed E-state index contributed by atoms with van der Waals surface area (Å²) in [4.78, 5) is 35.8. The number of nitrogens with one attached hydrogen (secondary N) is 2. The van der Waals surface area contributed by atoms with Crippen LogP contribution in [0.5, 0.6) is 0 Å². The van der Waals surface area contributed by atoms with E-state index in [4.69, 9.17) is 4.74 Å². The van der Waals surface area contributed by atoms with Crippen LogP contribution in [0.1, 0.15) is 37.8 Å². The summed E-state index contributed by atoms with van der Waals surface area (Å²) in [7, 11) is 0. The van der Waals surface area contributed by atoms with Gasteiger partial charge in [-0.05, 0) is 36.1 Å². The minimum absolute atomic E-state index is 0.00595. The number of hydrogen-bond donors (Lipinski definition) is 2. The number of aryl methyl sites for hydroxylation is 2. The molecule has 2 N–H and O–H groups in total. The fraction of sp³-hybridized carbons (Fsp3) is 0.318. The number of esters is 1. The number of benzene rings is 2. The maximum absolute atomic E-state index is 12.2. The van der Waals surface area contributed by atoms with Gasteiger partial charge >= 0.3 is 5.97 Å². The topological polar surface area (TPSA) is 84.5 Å². The molecular formula is C22H26N2O4. The molecule has 28 heavy (non-hydrogen) atoms. The van der Waals surface area contributed by atoms with E-state index in [0.717, 1.165) is 29.7 Å². The number of ether oxygens (including phenoxy) is 1. The van der Waals surface area contributed by atoms with E-state index in [1.165, 1.54) is 0 Å². The van der Waals surface area contributed by atoms with Crippen molar-refractivity contribution in [3.63, 3.8) is 0 Å². The van der Waals surface area contributed by atoms with Crippen molar-refractivity contribution in [3.05, 3.63) is 59.7 Å². The van der Waals surface area contributed by atoms with Gasteiger partial charge in [0.05, 0.1) is 6.42 Å². The van der Waals surface area contributed by atoms with Crippen LogP contribution >= 0.6 is 0 Å². The Bertz CT molecular complexity index is 796. The van der Waals surface area contributed by atoms with E-state index in [9.17, 15) is 14.4 Å². The van der Waals surface area contributed by atoms with Gasteiger partial charge in [0.2, 0.25) is 5.91 Å². The van der Waals surface area contributed by atoms with Gasteiger partial charge in [0, 0.05) is 17.8 Å². The molecule has 0 atom stereocenters. The van der Waals surface area contributed by atoms with E-state index in [-0.39, 0.29) is 25.4 Å². The van der Waals surface area contributed by atoms with Gasteiger partial charge in [0.25, 0.3) is 5.91 Å². The third-order valence-electron chi connectivity index (χ3n) is 4.24. The SMILES string of the molecule is CCc1cccc(CC)c1NC(=O)COC(=O)CCC(=O)Nc1ccccc1. The van der Waals surface area contributed by atoms with Crippen LogP contribution in [-0.4, -0.2) is 24.4 Å². The average molecular weight is 382 g/mol. The van der Waals surface area contributed by atoms with Crippen LogP contribution in [0.15, 0.2) is 48.5 Å². The molecule has 2 aromatic rings. The molecule has 0 saturated carbocycles. The van der Waals surface area contributed by atoms with Crippen LogP contribution in [0.2, 0.25) is 0 Å². The zero-order valence-corrected chi connectivity index (χ0v) is 16.3. The number of amides is 2. The first kappa shape index (κ1) is 21.2. The monoisotopic (exact) mass is 382 g/mol. The Labute approximate surface area is 165 Å². The van der Waals surface area contributed by atoms with Gasteiger partial charge in [0.15, 0.2) is 6.61 Å². The van der Waals surface area contributed by atoms with Crippen LogP contribution in [0.25, 0.3) is 0 Å². The number of carbonyl (C=O) groups is 3. The van der Waals surface area contributed by atoms with E-state index in [0.29, 0.717) is 5.69 Å². The molecule has 2 amide bonds. The summed E-state index contributed by atoms with van der Waals surface area (Å²) >= 11 is 0. The van der Waals surface area contributed by atoms with E-state index in [1.807, 2.05) is 50.2 Å². The molecule has 0 aliphatic carbocycles. The molecule has 0 unspecified atom stereocenters. The Morgan fingerprint density at radius 2 is 1.43 bits per heavy atom. The number of rotatable bonds is 9. The van der Waals surface area contributed by atoms with Gasteiger partial charge in [-0.1, -0.05) is 50.2 Å². The highest BCUT2D eigenvalue weighted by Crippen LogP contribution is 2.22. The Morgan fingerprint density at radius 3 is 2.04 bits per heavy atom. The number of carbonyl (C=O) groups excluding carboxylic acids is 3. The predicted octanol–water partition coefficient (Wildman–Crippen LogP) is 3.71. The summed E-state index contributed by atoms with van der Waals surface area (Å²) in [5.74, 6) is -1.26. The highest BCUT2D eigenvalue weighted by Gasteiger charge is 2.13. The quantitative estimate of drug-likeness (QED) is 0.648. The minimum atomic E-state index is -0.585. The molecule has 2 aromatic carbocycles. The first-order chi connectivity index (χ1) is 13.5. The van der Waals surface area contributed by atoms with E-state index >= 15 is 0 Å². The maximum Gasteiger partial charge on any atom is 0.306 e. The summed E-state index contributed by atoms with van der Waals surface area (Å²) in [6.07, 6.45) is 1.49. The fourth-order valence-corrected chi connectivity index (χ4v) is 2.76. The molecule has 0 bridgehead atoms. The average Bonchev–Trinajstić information content (AvgIpc) is 2.71. The second-order valence-electron chi connectivity index (χ2n) is 6.28. The molecule has 0 fully saturated rings. The van der Waals surface area contributed by atoms with Crippen molar-refractivity contribution < 1.29 is 19.1 Å². The number of para-hydroxylation sites is 2. The standard InChI is InChI=1S/C22H26N2O4/c1-3-16-9-8-10-17(4-2)22(16)24-20(26)15-28-21(27)14-13-19(25)23-18-11-6-5-7-12-18/h5-12H,3-4,13-15H2,1-2H3,(H,23,25)(H,24,26). The van der Waals surface area contributed by atoms with Crippen molar-refractivity contribution >= 4 is 29.2 Å². The second-order valence-corrected chi connectivity index (χ2v) is 6.28. The van der Waals surface area contributed by atoms with Crippen LogP contribution in [-0.2, 0) is 32.0 Å². The van der Waals surface area contributed by atoms with Crippen LogP contribution < -0.4 is 10.6 Å². The summed E-state index contributed by atoms with van der Waals surface area (Å²) in [5.41, 5.74) is 3.53. The molecule has 0 spiro atoms. The molecule has 6 heteroatoms. The Morgan fingerprint density at radius 1 is 0.786 bits per heavy atom. The lowest BCUT2D eigenvalue weighted by Gasteiger charge is -2.14. The van der Waals surface area contributed by atoms with Gasteiger partial charge in [-0.3, -0.25) is 14.4 Å². The lowest BCUT2D eigenvalue weighted by atomic mass is 10.0.